The maximum Gasteiger partial charge on any atom is 0.416 e. The van der Waals surface area contributed by atoms with Crippen LogP contribution in [-0.4, -0.2) is 67.1 Å². The van der Waals surface area contributed by atoms with Crippen LogP contribution in [0.2, 0.25) is 0 Å². The lowest BCUT2D eigenvalue weighted by Gasteiger charge is -2.34. The molecule has 39 heavy (non-hydrogen) atoms. The fourth-order valence-electron chi connectivity index (χ4n) is 4.26. The molecule has 3 heterocycles. The van der Waals surface area contributed by atoms with Gasteiger partial charge in [-0.25, -0.2) is 4.98 Å². The van der Waals surface area contributed by atoms with Crippen molar-refractivity contribution in [2.24, 2.45) is 0 Å². The first-order valence-corrected chi connectivity index (χ1v) is 13.4. The van der Waals surface area contributed by atoms with Gasteiger partial charge < -0.3 is 25.8 Å². The Hall–Kier alpha value is -3.90. The summed E-state index contributed by atoms with van der Waals surface area (Å²) in [5, 5.41) is 11.2. The molecule has 0 atom stereocenters. The van der Waals surface area contributed by atoms with Crippen LogP contribution in [0.4, 0.5) is 36.3 Å². The third kappa shape index (κ3) is 6.58. The zero-order valence-corrected chi connectivity index (χ0v) is 22.1. The normalized spacial score (nSPS) is 14.4. The Morgan fingerprint density at radius 2 is 1.67 bits per heavy atom. The Balaban J connectivity index is 1.18. The number of fused-ring (bicyclic) bond motifs is 1. The van der Waals surface area contributed by atoms with Gasteiger partial charge >= 0.3 is 6.18 Å². The number of halogens is 3. The smallest absolute Gasteiger partial charge is 0.369 e. The number of nitrogens with zero attached hydrogens (tertiary/aromatic N) is 4. The summed E-state index contributed by atoms with van der Waals surface area (Å²) in [6.07, 6.45) is -4.44. The Bertz CT molecular complexity index is 1420. The van der Waals surface area contributed by atoms with Crippen LogP contribution in [0.25, 0.3) is 10.2 Å². The number of alkyl halides is 3. The zero-order valence-electron chi connectivity index (χ0n) is 21.3. The maximum atomic E-state index is 12.7. The predicted molar refractivity (Wildman–Crippen MR) is 149 cm³/mol. The van der Waals surface area contributed by atoms with Gasteiger partial charge in [0.15, 0.2) is 0 Å². The van der Waals surface area contributed by atoms with Crippen molar-refractivity contribution in [1.82, 2.24) is 20.2 Å². The van der Waals surface area contributed by atoms with E-state index >= 15 is 0 Å². The number of carbonyl (C=O) groups is 1. The van der Waals surface area contributed by atoms with E-state index < -0.39 is 17.6 Å². The van der Waals surface area contributed by atoms with E-state index in [0.717, 1.165) is 54.2 Å². The third-order valence-electron chi connectivity index (χ3n) is 6.47. The van der Waals surface area contributed by atoms with E-state index in [2.05, 4.69) is 54.9 Å². The van der Waals surface area contributed by atoms with E-state index in [1.165, 1.54) is 29.2 Å². The molecule has 8 nitrogen and oxygen atoms in total. The Morgan fingerprint density at radius 1 is 0.949 bits per heavy atom. The molecule has 2 aromatic heterocycles. The molecule has 0 radical (unpaired) electrons. The molecule has 0 aliphatic carbocycles. The number of thiophene rings is 1. The number of nitrogens with one attached hydrogen (secondary N) is 3. The van der Waals surface area contributed by atoms with Crippen molar-refractivity contribution in [1.29, 1.82) is 0 Å². The fraction of sp³-hybridized carbons (Fsp3) is 0.296. The lowest BCUT2D eigenvalue weighted by Crippen LogP contribution is -2.44. The maximum absolute atomic E-state index is 12.7. The van der Waals surface area contributed by atoms with Gasteiger partial charge in [-0.1, -0.05) is 0 Å². The first-order chi connectivity index (χ1) is 18.8. The number of carbonyl (C=O) groups excluding carboxylic acids is 1. The number of piperazine rings is 1. The number of aromatic nitrogens is 2. The van der Waals surface area contributed by atoms with Crippen molar-refractivity contribution in [3.63, 3.8) is 0 Å². The fourth-order valence-corrected chi connectivity index (χ4v) is 5.06. The minimum atomic E-state index is -4.44. The topological polar surface area (TPSA) is 85.4 Å². The molecule has 5 rings (SSSR count). The number of amides is 1. The summed E-state index contributed by atoms with van der Waals surface area (Å²) < 4.78 is 39.1. The number of hydrogen-bond donors (Lipinski definition) is 3. The largest absolute Gasteiger partial charge is 0.416 e. The molecule has 1 amide bonds. The minimum Gasteiger partial charge on any atom is -0.369 e. The lowest BCUT2D eigenvalue weighted by atomic mass is 10.1. The summed E-state index contributed by atoms with van der Waals surface area (Å²) in [5.74, 6) is 0.636. The van der Waals surface area contributed by atoms with Crippen molar-refractivity contribution in [2.45, 2.75) is 6.18 Å². The Labute approximate surface area is 227 Å². The molecule has 4 aromatic rings. The third-order valence-corrected chi connectivity index (χ3v) is 7.38. The summed E-state index contributed by atoms with van der Waals surface area (Å²) in [4.78, 5) is 26.3. The van der Waals surface area contributed by atoms with Gasteiger partial charge in [-0.3, -0.25) is 4.79 Å². The van der Waals surface area contributed by atoms with Gasteiger partial charge in [0, 0.05) is 56.2 Å². The lowest BCUT2D eigenvalue weighted by molar-refractivity contribution is -0.137. The standard InChI is InChI=1S/C27H28F3N7OS/c1-36-13-15-37(16-14-36)21-8-6-20(7-9-21)33-26-34-22-10-17-39-23(22)24(35-26)31-11-12-32-25(38)18-2-4-19(5-3-18)27(28,29)30/h2-10,17H,11-16H2,1H3,(H,32,38)(H2,31,33,34,35). The minimum absolute atomic E-state index is 0.163. The molecule has 1 fully saturated rings. The van der Waals surface area contributed by atoms with E-state index in [-0.39, 0.29) is 12.1 Å². The number of benzene rings is 2. The van der Waals surface area contributed by atoms with Gasteiger partial charge in [0.05, 0.1) is 15.8 Å². The van der Waals surface area contributed by atoms with Crippen molar-refractivity contribution >= 4 is 50.6 Å². The monoisotopic (exact) mass is 555 g/mol. The molecular weight excluding hydrogens is 527 g/mol. The van der Waals surface area contributed by atoms with Crippen molar-refractivity contribution < 1.29 is 18.0 Å². The highest BCUT2D eigenvalue weighted by Gasteiger charge is 2.30. The number of likely N-dealkylation sites (N-methyl/N-ethyl adjacent to an activating group) is 1. The first kappa shape index (κ1) is 26.7. The molecule has 0 saturated carbocycles. The van der Waals surface area contributed by atoms with E-state index in [9.17, 15) is 18.0 Å². The van der Waals surface area contributed by atoms with Gasteiger partial charge in [0.25, 0.3) is 5.91 Å². The van der Waals surface area contributed by atoms with Crippen molar-refractivity contribution in [3.8, 4) is 0 Å². The molecule has 1 aliphatic heterocycles. The molecule has 1 aliphatic rings. The van der Waals surface area contributed by atoms with E-state index in [1.54, 1.807) is 0 Å². The van der Waals surface area contributed by atoms with Gasteiger partial charge in [0.1, 0.15) is 5.82 Å². The van der Waals surface area contributed by atoms with Crippen LogP contribution in [0.1, 0.15) is 15.9 Å². The van der Waals surface area contributed by atoms with Gasteiger partial charge in [-0.05, 0) is 67.0 Å². The first-order valence-electron chi connectivity index (χ1n) is 12.5. The van der Waals surface area contributed by atoms with Crippen molar-refractivity contribution in [3.05, 3.63) is 71.1 Å². The predicted octanol–water partition coefficient (Wildman–Crippen LogP) is 5.05. The summed E-state index contributed by atoms with van der Waals surface area (Å²) in [6.45, 7) is 4.72. The van der Waals surface area contributed by atoms with Crippen molar-refractivity contribution in [2.75, 3.05) is 61.8 Å². The second-order valence-corrected chi connectivity index (χ2v) is 10.2. The number of anilines is 4. The van der Waals surface area contributed by atoms with Crippen LogP contribution in [0.3, 0.4) is 0 Å². The number of rotatable bonds is 8. The summed E-state index contributed by atoms with van der Waals surface area (Å²) in [6, 6.07) is 14.3. The average molecular weight is 556 g/mol. The van der Waals surface area contributed by atoms with Gasteiger partial charge in [-0.2, -0.15) is 18.2 Å². The van der Waals surface area contributed by atoms with Crippen LogP contribution in [0.15, 0.2) is 60.0 Å². The second-order valence-electron chi connectivity index (χ2n) is 9.25. The molecule has 3 N–H and O–H groups in total. The van der Waals surface area contributed by atoms with Crippen LogP contribution in [0.5, 0.6) is 0 Å². The second kappa shape index (κ2) is 11.5. The highest BCUT2D eigenvalue weighted by atomic mass is 32.1. The van der Waals surface area contributed by atoms with E-state index in [0.29, 0.717) is 18.3 Å². The molecule has 1 saturated heterocycles. The Kier molecular flexibility index (Phi) is 7.84. The highest BCUT2D eigenvalue weighted by Crippen LogP contribution is 2.30. The Morgan fingerprint density at radius 3 is 2.36 bits per heavy atom. The molecule has 2 aromatic carbocycles. The van der Waals surface area contributed by atoms with Crippen LogP contribution in [-0.2, 0) is 6.18 Å². The van der Waals surface area contributed by atoms with Gasteiger partial charge in [0.2, 0.25) is 5.95 Å². The van der Waals surface area contributed by atoms with Crippen LogP contribution < -0.4 is 20.9 Å². The van der Waals surface area contributed by atoms with E-state index in [4.69, 9.17) is 0 Å². The number of hydrogen-bond acceptors (Lipinski definition) is 8. The quantitative estimate of drug-likeness (QED) is 0.263. The summed E-state index contributed by atoms with van der Waals surface area (Å²) in [7, 11) is 2.14. The molecule has 204 valence electrons. The molecule has 0 unspecified atom stereocenters. The highest BCUT2D eigenvalue weighted by molar-refractivity contribution is 7.17. The van der Waals surface area contributed by atoms with Crippen LogP contribution in [0, 0.1) is 0 Å². The van der Waals surface area contributed by atoms with E-state index in [1.807, 2.05) is 23.6 Å². The molecule has 0 bridgehead atoms. The average Bonchev–Trinajstić information content (AvgIpc) is 3.40. The molecular formula is C27H28F3N7OS. The molecule has 12 heteroatoms. The summed E-state index contributed by atoms with van der Waals surface area (Å²) >= 11 is 1.51. The van der Waals surface area contributed by atoms with Crippen LogP contribution >= 0.6 is 11.3 Å². The summed E-state index contributed by atoms with van der Waals surface area (Å²) in [5.41, 5.74) is 2.22. The van der Waals surface area contributed by atoms with Gasteiger partial charge in [-0.15, -0.1) is 11.3 Å². The SMILES string of the molecule is CN1CCN(c2ccc(Nc3nc(NCCNC(=O)c4ccc(C(F)(F)F)cc4)c4sccc4n3)cc2)CC1. The molecule has 0 spiro atoms. The zero-order chi connectivity index (χ0) is 27.4.